The first-order valence-corrected chi connectivity index (χ1v) is 7.21. The Hall–Kier alpha value is -0.560. The van der Waals surface area contributed by atoms with Crippen molar-refractivity contribution in [3.8, 4) is 0 Å². The van der Waals surface area contributed by atoms with Crippen LogP contribution in [0.4, 0.5) is 0 Å². The van der Waals surface area contributed by atoms with Gasteiger partial charge in [0.25, 0.3) is 0 Å². The molecule has 1 aliphatic rings. The lowest BCUT2D eigenvalue weighted by atomic mass is 9.89. The zero-order valence-corrected chi connectivity index (χ0v) is 12.4. The summed E-state index contributed by atoms with van der Waals surface area (Å²) in [6.45, 7) is 0.0570. The van der Waals surface area contributed by atoms with Crippen LogP contribution in [-0.4, -0.2) is 76.4 Å². The van der Waals surface area contributed by atoms with E-state index in [-0.39, 0.29) is 31.4 Å². The molecule has 0 aromatic heterocycles. The van der Waals surface area contributed by atoms with E-state index >= 15 is 0 Å². The lowest BCUT2D eigenvalue weighted by Gasteiger charge is -2.22. The summed E-state index contributed by atoms with van der Waals surface area (Å²) < 4.78 is 10.4. The highest BCUT2D eigenvalue weighted by atomic mass is 16.5. The molecule has 0 bridgehead atoms. The van der Waals surface area contributed by atoms with Gasteiger partial charge in [0.1, 0.15) is 14.0 Å². The van der Waals surface area contributed by atoms with E-state index in [2.05, 4.69) is 5.32 Å². The molecule has 0 aliphatic carbocycles. The lowest BCUT2D eigenvalue weighted by Crippen LogP contribution is -2.41. The molecule has 1 aliphatic heterocycles. The van der Waals surface area contributed by atoms with Crippen LogP contribution in [0, 0.1) is 5.92 Å². The van der Waals surface area contributed by atoms with Gasteiger partial charge in [-0.05, 0) is 18.8 Å². The monoisotopic (exact) mass is 295 g/mol. The first kappa shape index (κ1) is 18.5. The van der Waals surface area contributed by atoms with E-state index < -0.39 is 24.3 Å². The predicted molar refractivity (Wildman–Crippen MR) is 79.2 cm³/mol. The van der Waals surface area contributed by atoms with Crippen LogP contribution in [0.15, 0.2) is 0 Å². The number of carbonyl (C=O) groups excluding carboxylic acids is 1. The molecule has 21 heavy (non-hydrogen) atoms. The smallest absolute Gasteiger partial charge is 0.220 e. The van der Waals surface area contributed by atoms with Gasteiger partial charge in [-0.25, -0.2) is 0 Å². The number of ether oxygens (including phenoxy) is 2. The summed E-state index contributed by atoms with van der Waals surface area (Å²) in [5.74, 6) is -0.280. The standard InChI is InChI=1S/C13H23B2NO5/c1-20-10(9(18)2-3-14)6-16-13(19)5-8-4-12(15)21-11(8)7-17/h8-12,17-18H,2-7H2,1H3,(H,16,19)/t8?,9?,10-,11-,12-/m1/s1. The molecule has 0 saturated carbocycles. The Bertz CT molecular complexity index is 321. The Morgan fingerprint density at radius 2 is 2.29 bits per heavy atom. The number of hydrogen-bond donors (Lipinski definition) is 3. The third kappa shape index (κ3) is 5.98. The van der Waals surface area contributed by atoms with Gasteiger partial charge in [-0.3, -0.25) is 4.79 Å². The zero-order valence-electron chi connectivity index (χ0n) is 12.4. The van der Waals surface area contributed by atoms with Crippen LogP contribution in [0.1, 0.15) is 19.3 Å². The van der Waals surface area contributed by atoms with Gasteiger partial charge in [0.15, 0.2) is 0 Å². The second-order valence-electron chi connectivity index (χ2n) is 5.32. The number of methoxy groups -OCH3 is 1. The molecule has 4 radical (unpaired) electrons. The van der Waals surface area contributed by atoms with E-state index in [1.54, 1.807) is 0 Å². The average molecular weight is 295 g/mol. The topological polar surface area (TPSA) is 88.0 Å². The minimum absolute atomic E-state index is 0.0973. The van der Waals surface area contributed by atoms with Gasteiger partial charge in [0, 0.05) is 26.1 Å². The molecule has 3 N–H and O–H groups in total. The van der Waals surface area contributed by atoms with E-state index in [0.717, 1.165) is 0 Å². The molecular formula is C13H23B2NO5. The summed E-state index contributed by atoms with van der Waals surface area (Å²) in [5, 5.41) is 21.7. The van der Waals surface area contributed by atoms with Crippen molar-refractivity contribution in [2.45, 2.75) is 49.9 Å². The molecule has 1 saturated heterocycles. The number of carbonyl (C=O) groups is 1. The quantitative estimate of drug-likeness (QED) is 0.462. The molecule has 1 rings (SSSR count). The molecule has 8 heteroatoms. The Morgan fingerprint density at radius 1 is 1.57 bits per heavy atom. The van der Waals surface area contributed by atoms with Gasteiger partial charge < -0.3 is 25.0 Å². The van der Waals surface area contributed by atoms with E-state index in [0.29, 0.717) is 19.2 Å². The maximum absolute atomic E-state index is 11.9. The van der Waals surface area contributed by atoms with Crippen molar-refractivity contribution in [3.05, 3.63) is 0 Å². The highest BCUT2D eigenvalue weighted by molar-refractivity contribution is 6.11. The van der Waals surface area contributed by atoms with Crippen LogP contribution in [-0.2, 0) is 14.3 Å². The summed E-state index contributed by atoms with van der Waals surface area (Å²) in [5.41, 5.74) is 0. The third-order valence-corrected chi connectivity index (χ3v) is 3.73. The summed E-state index contributed by atoms with van der Waals surface area (Å²) in [4.78, 5) is 11.9. The van der Waals surface area contributed by atoms with Crippen LogP contribution in [0.3, 0.4) is 0 Å². The van der Waals surface area contributed by atoms with Gasteiger partial charge in [-0.2, -0.15) is 0 Å². The summed E-state index contributed by atoms with van der Waals surface area (Å²) in [6.07, 6.45) is -0.0740. The highest BCUT2D eigenvalue weighted by Crippen LogP contribution is 2.27. The van der Waals surface area contributed by atoms with Crippen LogP contribution in [0.2, 0.25) is 6.32 Å². The minimum atomic E-state index is -0.714. The largest absolute Gasteiger partial charge is 0.394 e. The molecule has 2 unspecified atom stereocenters. The number of rotatable bonds is 9. The van der Waals surface area contributed by atoms with Crippen molar-refractivity contribution < 1.29 is 24.5 Å². The third-order valence-electron chi connectivity index (χ3n) is 3.73. The number of hydrogen-bond acceptors (Lipinski definition) is 5. The van der Waals surface area contributed by atoms with Crippen molar-refractivity contribution in [2.75, 3.05) is 20.3 Å². The molecule has 1 heterocycles. The molecule has 1 amide bonds. The number of aliphatic hydroxyl groups excluding tert-OH is 2. The number of amides is 1. The maximum atomic E-state index is 11.9. The molecule has 5 atom stereocenters. The Labute approximate surface area is 128 Å². The highest BCUT2D eigenvalue weighted by Gasteiger charge is 2.33. The van der Waals surface area contributed by atoms with E-state index in [1.165, 1.54) is 7.11 Å². The fourth-order valence-electron chi connectivity index (χ4n) is 2.51. The second kappa shape index (κ2) is 9.46. The lowest BCUT2D eigenvalue weighted by molar-refractivity contribution is -0.123. The molecule has 1 fully saturated rings. The van der Waals surface area contributed by atoms with Crippen molar-refractivity contribution >= 4 is 21.6 Å². The van der Waals surface area contributed by atoms with Gasteiger partial charge in [0.05, 0.1) is 26.7 Å². The van der Waals surface area contributed by atoms with Gasteiger partial charge >= 0.3 is 0 Å². The van der Waals surface area contributed by atoms with E-state index in [4.69, 9.17) is 25.2 Å². The molecule has 0 spiro atoms. The van der Waals surface area contributed by atoms with Gasteiger partial charge in [0.2, 0.25) is 5.91 Å². The van der Waals surface area contributed by atoms with Crippen LogP contribution >= 0.6 is 0 Å². The van der Waals surface area contributed by atoms with E-state index in [9.17, 15) is 15.0 Å². The molecule has 0 aromatic carbocycles. The Kier molecular flexibility index (Phi) is 8.32. The molecule has 116 valence electrons. The number of nitrogens with one attached hydrogen (secondary N) is 1. The fraction of sp³-hybridized carbons (Fsp3) is 0.923. The molecular weight excluding hydrogens is 272 g/mol. The second-order valence-corrected chi connectivity index (χ2v) is 5.32. The van der Waals surface area contributed by atoms with Crippen molar-refractivity contribution in [2.24, 2.45) is 5.92 Å². The summed E-state index contributed by atoms with van der Waals surface area (Å²) >= 11 is 0. The predicted octanol–water partition coefficient (Wildman–Crippen LogP) is -1.26. The number of aliphatic hydroxyl groups is 2. The van der Waals surface area contributed by atoms with Crippen LogP contribution < -0.4 is 5.32 Å². The van der Waals surface area contributed by atoms with Crippen LogP contribution in [0.25, 0.3) is 0 Å². The van der Waals surface area contributed by atoms with Crippen molar-refractivity contribution in [3.63, 3.8) is 0 Å². The van der Waals surface area contributed by atoms with Crippen molar-refractivity contribution in [1.29, 1.82) is 0 Å². The average Bonchev–Trinajstić information content (AvgIpc) is 2.79. The maximum Gasteiger partial charge on any atom is 0.220 e. The van der Waals surface area contributed by atoms with Gasteiger partial charge in [-0.15, -0.1) is 0 Å². The molecule has 6 nitrogen and oxygen atoms in total. The van der Waals surface area contributed by atoms with Crippen LogP contribution in [0.5, 0.6) is 0 Å². The molecule has 0 aromatic rings. The van der Waals surface area contributed by atoms with E-state index in [1.807, 2.05) is 0 Å². The van der Waals surface area contributed by atoms with Gasteiger partial charge in [-0.1, -0.05) is 6.32 Å². The van der Waals surface area contributed by atoms with Crippen molar-refractivity contribution in [1.82, 2.24) is 5.32 Å². The Balaban J connectivity index is 2.36. The SMILES string of the molecule is [B]CCC(O)[C@@H](CNC(=O)CC1C[C@H]([B])O[C@@H]1CO)OC. The first-order valence-electron chi connectivity index (χ1n) is 7.21. The normalized spacial score (nSPS) is 28.2. The zero-order chi connectivity index (χ0) is 15.8. The summed E-state index contributed by atoms with van der Waals surface area (Å²) in [6, 6.07) is -0.432. The summed E-state index contributed by atoms with van der Waals surface area (Å²) in [7, 11) is 12.5. The fourth-order valence-corrected chi connectivity index (χ4v) is 2.51. The first-order chi connectivity index (χ1) is 10.0. The minimum Gasteiger partial charge on any atom is -0.394 e. The Morgan fingerprint density at radius 3 is 2.86 bits per heavy atom.